The standard InChI is InChI=1S/C32H42F4O2/c1-3-5-7-8-9-10-11-12-24-17-14-23-20-26(30(33)31(34)29(23)32(24,35)36)22-15-18-25(19-16-22)37-21-28-27(38-28)13-6-4-2/h15-16,18-20,24,27-28H,3-14,17,21H2,1-2H3. The molecular formula is C32H42F4O2. The van der Waals surface area contributed by atoms with Crippen LogP contribution in [0.1, 0.15) is 102 Å². The zero-order chi connectivity index (χ0) is 27.1. The van der Waals surface area contributed by atoms with Crippen molar-refractivity contribution < 1.29 is 27.0 Å². The lowest BCUT2D eigenvalue weighted by molar-refractivity contribution is -0.0823. The minimum atomic E-state index is -3.36. The molecule has 210 valence electrons. The van der Waals surface area contributed by atoms with Crippen molar-refractivity contribution in [2.75, 3.05) is 6.61 Å². The molecule has 2 aromatic carbocycles. The van der Waals surface area contributed by atoms with Gasteiger partial charge in [0.25, 0.3) is 5.92 Å². The summed E-state index contributed by atoms with van der Waals surface area (Å²) in [5.41, 5.74) is -0.0724. The van der Waals surface area contributed by atoms with E-state index in [4.69, 9.17) is 9.47 Å². The van der Waals surface area contributed by atoms with Crippen LogP contribution in [0.15, 0.2) is 30.3 Å². The molecule has 3 unspecified atom stereocenters. The van der Waals surface area contributed by atoms with E-state index in [9.17, 15) is 0 Å². The second-order valence-electron chi connectivity index (χ2n) is 11.0. The third-order valence-electron chi connectivity index (χ3n) is 8.16. The molecule has 6 heteroatoms. The number of hydrogen-bond acceptors (Lipinski definition) is 2. The van der Waals surface area contributed by atoms with Crippen LogP contribution in [0.2, 0.25) is 0 Å². The van der Waals surface area contributed by atoms with Crippen molar-refractivity contribution in [3.8, 4) is 16.9 Å². The van der Waals surface area contributed by atoms with Gasteiger partial charge >= 0.3 is 0 Å². The highest BCUT2D eigenvalue weighted by molar-refractivity contribution is 5.67. The van der Waals surface area contributed by atoms with E-state index < -0.39 is 29.0 Å². The average Bonchev–Trinajstić information content (AvgIpc) is 3.67. The summed E-state index contributed by atoms with van der Waals surface area (Å²) in [6.45, 7) is 4.76. The minimum Gasteiger partial charge on any atom is -0.491 e. The quantitative estimate of drug-likeness (QED) is 0.129. The predicted octanol–water partition coefficient (Wildman–Crippen LogP) is 9.76. The van der Waals surface area contributed by atoms with Gasteiger partial charge in [0, 0.05) is 11.5 Å². The third-order valence-corrected chi connectivity index (χ3v) is 8.16. The molecule has 1 fully saturated rings. The fourth-order valence-electron chi connectivity index (χ4n) is 5.73. The maximum atomic E-state index is 15.4. The molecule has 0 N–H and O–H groups in total. The zero-order valence-corrected chi connectivity index (χ0v) is 22.8. The predicted molar refractivity (Wildman–Crippen MR) is 144 cm³/mol. The summed E-state index contributed by atoms with van der Waals surface area (Å²) in [5.74, 6) is -6.32. The number of rotatable bonds is 15. The van der Waals surface area contributed by atoms with Crippen LogP contribution in [0.3, 0.4) is 0 Å². The van der Waals surface area contributed by atoms with E-state index in [0.29, 0.717) is 37.2 Å². The van der Waals surface area contributed by atoms with Crippen LogP contribution in [0.5, 0.6) is 5.75 Å². The monoisotopic (exact) mass is 534 g/mol. The topological polar surface area (TPSA) is 21.8 Å². The summed E-state index contributed by atoms with van der Waals surface area (Å²) in [7, 11) is 0. The molecule has 38 heavy (non-hydrogen) atoms. The van der Waals surface area contributed by atoms with Gasteiger partial charge in [-0.25, -0.2) is 17.6 Å². The van der Waals surface area contributed by atoms with E-state index in [1.165, 1.54) is 25.3 Å². The molecule has 2 aliphatic rings. The number of aryl methyl sites for hydroxylation is 1. The average molecular weight is 535 g/mol. The van der Waals surface area contributed by atoms with Gasteiger partial charge in [0.1, 0.15) is 18.5 Å². The molecule has 1 heterocycles. The molecule has 0 bridgehead atoms. The molecular weight excluding hydrogens is 492 g/mol. The molecule has 0 aromatic heterocycles. The lowest BCUT2D eigenvalue weighted by Gasteiger charge is -2.34. The Hall–Kier alpha value is -2.08. The minimum absolute atomic E-state index is 0.0132. The highest BCUT2D eigenvalue weighted by atomic mass is 19.3. The largest absolute Gasteiger partial charge is 0.491 e. The van der Waals surface area contributed by atoms with Crippen LogP contribution in [-0.2, 0) is 17.1 Å². The Morgan fingerprint density at radius 1 is 0.842 bits per heavy atom. The van der Waals surface area contributed by atoms with Crippen molar-refractivity contribution >= 4 is 0 Å². The third kappa shape index (κ3) is 6.91. The van der Waals surface area contributed by atoms with Gasteiger partial charge in [0.15, 0.2) is 11.6 Å². The van der Waals surface area contributed by atoms with Crippen molar-refractivity contribution in [2.45, 2.75) is 115 Å². The van der Waals surface area contributed by atoms with Crippen LogP contribution >= 0.6 is 0 Å². The number of ether oxygens (including phenoxy) is 2. The number of fused-ring (bicyclic) bond motifs is 1. The van der Waals surface area contributed by atoms with Gasteiger partial charge in [-0.1, -0.05) is 83.8 Å². The van der Waals surface area contributed by atoms with Crippen LogP contribution in [0.4, 0.5) is 17.6 Å². The van der Waals surface area contributed by atoms with Gasteiger partial charge in [-0.05, 0) is 55.0 Å². The van der Waals surface area contributed by atoms with Gasteiger partial charge < -0.3 is 9.47 Å². The molecule has 0 radical (unpaired) electrons. The van der Waals surface area contributed by atoms with Gasteiger partial charge in [-0.15, -0.1) is 0 Å². The molecule has 1 aliphatic heterocycles. The Morgan fingerprint density at radius 2 is 1.53 bits per heavy atom. The summed E-state index contributed by atoms with van der Waals surface area (Å²) < 4.78 is 72.5. The SMILES string of the molecule is CCCCCCCCCC1CCc2cc(-c3ccc(OCC4OC4CCCC)cc3)c(F)c(F)c2C1(F)F. The van der Waals surface area contributed by atoms with Crippen molar-refractivity contribution in [3.63, 3.8) is 0 Å². The van der Waals surface area contributed by atoms with Crippen LogP contribution < -0.4 is 4.74 Å². The Morgan fingerprint density at radius 3 is 2.24 bits per heavy atom. The summed E-state index contributed by atoms with van der Waals surface area (Å²) >= 11 is 0. The fourth-order valence-corrected chi connectivity index (χ4v) is 5.73. The first-order valence-corrected chi connectivity index (χ1v) is 14.6. The molecule has 2 nitrogen and oxygen atoms in total. The molecule has 0 spiro atoms. The number of unbranched alkanes of at least 4 members (excludes halogenated alkanes) is 7. The van der Waals surface area contributed by atoms with Crippen molar-refractivity contribution in [2.24, 2.45) is 5.92 Å². The normalized spacial score (nSPS) is 21.8. The first-order chi connectivity index (χ1) is 18.4. The Labute approximate surface area is 225 Å². The number of epoxide rings is 1. The molecule has 1 saturated heterocycles. The maximum absolute atomic E-state index is 15.4. The summed E-state index contributed by atoms with van der Waals surface area (Å²) in [5, 5.41) is 0. The Kier molecular flexibility index (Phi) is 10.1. The number of benzene rings is 2. The van der Waals surface area contributed by atoms with E-state index in [1.54, 1.807) is 24.3 Å². The van der Waals surface area contributed by atoms with Crippen LogP contribution in [0.25, 0.3) is 11.1 Å². The van der Waals surface area contributed by atoms with Gasteiger partial charge in [0.05, 0.1) is 11.7 Å². The van der Waals surface area contributed by atoms with Gasteiger partial charge in [0.2, 0.25) is 0 Å². The fraction of sp³-hybridized carbons (Fsp3) is 0.625. The molecule has 3 atom stereocenters. The lowest BCUT2D eigenvalue weighted by Crippen LogP contribution is -2.33. The van der Waals surface area contributed by atoms with E-state index in [0.717, 1.165) is 38.5 Å². The van der Waals surface area contributed by atoms with E-state index in [1.807, 2.05) is 0 Å². The first kappa shape index (κ1) is 28.9. The number of hydrogen-bond donors (Lipinski definition) is 0. The van der Waals surface area contributed by atoms with Crippen molar-refractivity contribution in [1.29, 1.82) is 0 Å². The second kappa shape index (κ2) is 13.3. The maximum Gasteiger partial charge on any atom is 0.279 e. The number of alkyl halides is 2. The summed E-state index contributed by atoms with van der Waals surface area (Å²) in [6, 6.07) is 8.10. The first-order valence-electron chi connectivity index (χ1n) is 14.6. The van der Waals surface area contributed by atoms with Crippen molar-refractivity contribution in [3.05, 3.63) is 53.1 Å². The Bertz CT molecular complexity index is 1040. The van der Waals surface area contributed by atoms with Crippen molar-refractivity contribution in [1.82, 2.24) is 0 Å². The highest BCUT2D eigenvalue weighted by Gasteiger charge is 2.48. The van der Waals surface area contributed by atoms with Crippen LogP contribution in [0, 0.1) is 17.6 Å². The van der Waals surface area contributed by atoms with Gasteiger partial charge in [-0.3, -0.25) is 0 Å². The Balaban J connectivity index is 1.38. The molecule has 2 aromatic rings. The van der Waals surface area contributed by atoms with Crippen LogP contribution in [-0.4, -0.2) is 18.8 Å². The van der Waals surface area contributed by atoms with E-state index >= 15 is 17.6 Å². The number of halogens is 4. The molecule has 1 aliphatic carbocycles. The summed E-state index contributed by atoms with van der Waals surface area (Å²) in [6.07, 6.45) is 12.0. The van der Waals surface area contributed by atoms with E-state index in [-0.39, 0.29) is 29.8 Å². The smallest absolute Gasteiger partial charge is 0.279 e. The lowest BCUT2D eigenvalue weighted by atomic mass is 9.77. The van der Waals surface area contributed by atoms with E-state index in [2.05, 4.69) is 13.8 Å². The summed E-state index contributed by atoms with van der Waals surface area (Å²) in [4.78, 5) is 0. The molecule has 0 saturated carbocycles. The van der Waals surface area contributed by atoms with Gasteiger partial charge in [-0.2, -0.15) is 0 Å². The second-order valence-corrected chi connectivity index (χ2v) is 11.0. The molecule has 0 amide bonds. The zero-order valence-electron chi connectivity index (χ0n) is 22.8. The highest BCUT2D eigenvalue weighted by Crippen LogP contribution is 2.49. The molecule has 4 rings (SSSR count).